The molecule has 0 aromatic rings. The Bertz CT molecular complexity index is 398. The molecule has 1 atom stereocenters. The number of halogens is 1. The van der Waals surface area contributed by atoms with Gasteiger partial charge in [-0.25, -0.2) is 0 Å². The smallest absolute Gasteiger partial charge is 0.191 e. The lowest BCUT2D eigenvalue weighted by Crippen LogP contribution is -2.42. The average molecular weight is 497 g/mol. The molecule has 0 bridgehead atoms. The fourth-order valence-corrected chi connectivity index (χ4v) is 3.60. The minimum absolute atomic E-state index is 0. The van der Waals surface area contributed by atoms with Crippen molar-refractivity contribution in [3.05, 3.63) is 0 Å². The number of aliphatic imine (C=N–C) groups is 1. The van der Waals surface area contributed by atoms with E-state index in [9.17, 15) is 0 Å². The predicted octanol–water partition coefficient (Wildman–Crippen LogP) is 3.48. The molecule has 6 nitrogen and oxygen atoms in total. The van der Waals surface area contributed by atoms with Crippen molar-refractivity contribution in [2.45, 2.75) is 76.9 Å². The van der Waals surface area contributed by atoms with Crippen LogP contribution in [-0.4, -0.2) is 63.7 Å². The minimum Gasteiger partial charge on any atom is -0.379 e. The molecule has 1 saturated heterocycles. The van der Waals surface area contributed by atoms with Crippen LogP contribution in [0.5, 0.6) is 0 Å². The van der Waals surface area contributed by atoms with Gasteiger partial charge in [-0.15, -0.1) is 24.0 Å². The quantitative estimate of drug-likeness (QED) is 0.198. The van der Waals surface area contributed by atoms with E-state index in [1.807, 2.05) is 0 Å². The van der Waals surface area contributed by atoms with Gasteiger partial charge in [-0.1, -0.05) is 26.2 Å². The van der Waals surface area contributed by atoms with E-state index < -0.39 is 0 Å². The SMILES string of the molecule is CCCOC1(CN=C(NCC)NCCCOC2CCOC2)CCCCC1.I. The Morgan fingerprint density at radius 1 is 1.15 bits per heavy atom. The topological polar surface area (TPSA) is 64.1 Å². The minimum atomic E-state index is -0.0534. The molecule has 1 heterocycles. The van der Waals surface area contributed by atoms with Crippen LogP contribution < -0.4 is 10.6 Å². The normalized spacial score (nSPS) is 22.3. The van der Waals surface area contributed by atoms with E-state index >= 15 is 0 Å². The molecule has 2 N–H and O–H groups in total. The first-order chi connectivity index (χ1) is 12.8. The summed E-state index contributed by atoms with van der Waals surface area (Å²) in [5.74, 6) is 0.891. The van der Waals surface area contributed by atoms with Gasteiger partial charge in [0, 0.05) is 32.9 Å². The Kier molecular flexibility index (Phi) is 13.7. The first-order valence-electron chi connectivity index (χ1n) is 10.6. The van der Waals surface area contributed by atoms with Crippen LogP contribution >= 0.6 is 24.0 Å². The summed E-state index contributed by atoms with van der Waals surface area (Å²) in [6, 6.07) is 0. The molecule has 1 aliphatic heterocycles. The van der Waals surface area contributed by atoms with Crippen LogP contribution in [0.1, 0.15) is 65.2 Å². The molecule has 2 rings (SSSR count). The summed E-state index contributed by atoms with van der Waals surface area (Å²) < 4.78 is 17.4. The summed E-state index contributed by atoms with van der Waals surface area (Å²) in [7, 11) is 0. The standard InChI is InChI=1S/C20H39N3O3.HI/c1-3-13-26-20(10-6-5-7-11-20)17-23-19(21-4-2)22-12-8-14-25-18-9-15-24-16-18;/h18H,3-17H2,1-2H3,(H2,21,22,23);1H. The number of guanidine groups is 1. The van der Waals surface area contributed by atoms with Crippen molar-refractivity contribution in [1.82, 2.24) is 10.6 Å². The van der Waals surface area contributed by atoms with Crippen molar-refractivity contribution >= 4 is 29.9 Å². The molecule has 160 valence electrons. The number of nitrogens with one attached hydrogen (secondary N) is 2. The Labute approximate surface area is 182 Å². The summed E-state index contributed by atoms with van der Waals surface area (Å²) in [6.45, 7) is 9.94. The molecule has 0 aromatic heterocycles. The molecule has 0 aromatic carbocycles. The highest BCUT2D eigenvalue weighted by Crippen LogP contribution is 2.32. The van der Waals surface area contributed by atoms with Crippen LogP contribution in [0, 0.1) is 0 Å². The van der Waals surface area contributed by atoms with Crippen LogP contribution in [0.25, 0.3) is 0 Å². The third kappa shape index (κ3) is 9.76. The summed E-state index contributed by atoms with van der Waals surface area (Å²) in [5, 5.41) is 6.78. The molecule has 0 spiro atoms. The van der Waals surface area contributed by atoms with E-state index in [2.05, 4.69) is 24.5 Å². The van der Waals surface area contributed by atoms with E-state index in [4.69, 9.17) is 19.2 Å². The van der Waals surface area contributed by atoms with Gasteiger partial charge in [-0.2, -0.15) is 0 Å². The van der Waals surface area contributed by atoms with Gasteiger partial charge in [-0.05, 0) is 39.0 Å². The zero-order valence-electron chi connectivity index (χ0n) is 17.3. The van der Waals surface area contributed by atoms with Gasteiger partial charge < -0.3 is 24.8 Å². The van der Waals surface area contributed by atoms with Crippen LogP contribution in [-0.2, 0) is 14.2 Å². The monoisotopic (exact) mass is 497 g/mol. The predicted molar refractivity (Wildman–Crippen MR) is 121 cm³/mol. The maximum absolute atomic E-state index is 6.25. The summed E-state index contributed by atoms with van der Waals surface area (Å²) >= 11 is 0. The highest BCUT2D eigenvalue weighted by Gasteiger charge is 2.32. The van der Waals surface area contributed by atoms with Crippen LogP contribution in [0.15, 0.2) is 4.99 Å². The second-order valence-corrected chi connectivity index (χ2v) is 7.42. The molecule has 27 heavy (non-hydrogen) atoms. The van der Waals surface area contributed by atoms with E-state index in [0.29, 0.717) is 6.10 Å². The first kappa shape index (κ1) is 24.9. The zero-order valence-corrected chi connectivity index (χ0v) is 19.6. The number of hydrogen-bond acceptors (Lipinski definition) is 4. The van der Waals surface area contributed by atoms with E-state index in [0.717, 1.165) is 84.1 Å². The maximum Gasteiger partial charge on any atom is 0.191 e. The molecular formula is C20H40IN3O3. The second kappa shape index (κ2) is 14.8. The number of hydrogen-bond donors (Lipinski definition) is 2. The lowest BCUT2D eigenvalue weighted by molar-refractivity contribution is -0.0624. The van der Waals surface area contributed by atoms with Crippen molar-refractivity contribution < 1.29 is 14.2 Å². The summed E-state index contributed by atoms with van der Waals surface area (Å²) in [4.78, 5) is 4.85. The van der Waals surface area contributed by atoms with E-state index in [-0.39, 0.29) is 29.6 Å². The molecule has 2 fully saturated rings. The number of nitrogens with zero attached hydrogens (tertiary/aromatic N) is 1. The summed E-state index contributed by atoms with van der Waals surface area (Å²) in [6.07, 6.45) is 9.45. The molecule has 1 saturated carbocycles. The molecule has 0 radical (unpaired) electrons. The molecule has 1 aliphatic carbocycles. The van der Waals surface area contributed by atoms with E-state index in [1.165, 1.54) is 19.3 Å². The van der Waals surface area contributed by atoms with Gasteiger partial charge >= 0.3 is 0 Å². The summed E-state index contributed by atoms with van der Waals surface area (Å²) in [5.41, 5.74) is -0.0534. The van der Waals surface area contributed by atoms with Gasteiger partial charge in [0.1, 0.15) is 0 Å². The van der Waals surface area contributed by atoms with Crippen molar-refractivity contribution in [2.24, 2.45) is 4.99 Å². The van der Waals surface area contributed by atoms with Crippen molar-refractivity contribution in [3.63, 3.8) is 0 Å². The average Bonchev–Trinajstić information content (AvgIpc) is 3.18. The van der Waals surface area contributed by atoms with Crippen molar-refractivity contribution in [3.8, 4) is 0 Å². The lowest BCUT2D eigenvalue weighted by Gasteiger charge is -2.36. The van der Waals surface area contributed by atoms with Gasteiger partial charge in [0.2, 0.25) is 0 Å². The molecular weight excluding hydrogens is 457 g/mol. The number of rotatable bonds is 11. The highest BCUT2D eigenvalue weighted by atomic mass is 127. The van der Waals surface area contributed by atoms with E-state index in [1.54, 1.807) is 0 Å². The highest BCUT2D eigenvalue weighted by molar-refractivity contribution is 14.0. The fraction of sp³-hybridized carbons (Fsp3) is 0.950. The Hall–Kier alpha value is -0.120. The number of ether oxygens (including phenoxy) is 3. The molecule has 1 unspecified atom stereocenters. The molecule has 7 heteroatoms. The maximum atomic E-state index is 6.25. The largest absolute Gasteiger partial charge is 0.379 e. The molecule has 0 amide bonds. The Balaban J connectivity index is 0.00000364. The lowest BCUT2D eigenvalue weighted by atomic mass is 9.84. The fourth-order valence-electron chi connectivity index (χ4n) is 3.60. The van der Waals surface area contributed by atoms with Crippen molar-refractivity contribution in [1.29, 1.82) is 0 Å². The van der Waals surface area contributed by atoms with Crippen molar-refractivity contribution in [2.75, 3.05) is 46.1 Å². The zero-order chi connectivity index (χ0) is 18.5. The van der Waals surface area contributed by atoms with Crippen LogP contribution in [0.3, 0.4) is 0 Å². The third-order valence-electron chi connectivity index (χ3n) is 5.10. The van der Waals surface area contributed by atoms with Gasteiger partial charge in [-0.3, -0.25) is 4.99 Å². The van der Waals surface area contributed by atoms with Gasteiger partial charge in [0.05, 0.1) is 24.9 Å². The first-order valence-corrected chi connectivity index (χ1v) is 10.6. The molecule has 2 aliphatic rings. The van der Waals surface area contributed by atoms with Crippen LogP contribution in [0.2, 0.25) is 0 Å². The van der Waals surface area contributed by atoms with Gasteiger partial charge in [0.25, 0.3) is 0 Å². The third-order valence-corrected chi connectivity index (χ3v) is 5.10. The Morgan fingerprint density at radius 2 is 1.96 bits per heavy atom. The second-order valence-electron chi connectivity index (χ2n) is 7.42. The Morgan fingerprint density at radius 3 is 2.63 bits per heavy atom. The van der Waals surface area contributed by atoms with Crippen LogP contribution in [0.4, 0.5) is 0 Å². The van der Waals surface area contributed by atoms with Gasteiger partial charge in [0.15, 0.2) is 5.96 Å².